The zero-order valence-electron chi connectivity index (χ0n) is 16.5. The number of amides is 3. The van der Waals surface area contributed by atoms with Crippen molar-refractivity contribution >= 4 is 11.9 Å². The van der Waals surface area contributed by atoms with E-state index in [4.69, 9.17) is 4.74 Å². The van der Waals surface area contributed by atoms with Crippen LogP contribution in [0.5, 0.6) is 5.75 Å². The van der Waals surface area contributed by atoms with Crippen molar-refractivity contribution in [3.8, 4) is 5.75 Å². The number of ether oxygens (including phenoxy) is 1. The number of hydrogen-bond donors (Lipinski definition) is 1. The van der Waals surface area contributed by atoms with Crippen molar-refractivity contribution in [1.82, 2.24) is 20.0 Å². The quantitative estimate of drug-likeness (QED) is 0.722. The molecule has 2 aliphatic rings. The van der Waals surface area contributed by atoms with E-state index in [9.17, 15) is 22.8 Å². The number of benzene rings is 1. The van der Waals surface area contributed by atoms with E-state index in [0.29, 0.717) is 37.2 Å². The predicted molar refractivity (Wildman–Crippen MR) is 99.2 cm³/mol. The summed E-state index contributed by atoms with van der Waals surface area (Å²) in [6.07, 6.45) is -3.57. The number of methoxy groups -OCH3 is 1. The van der Waals surface area contributed by atoms with Crippen molar-refractivity contribution in [2.24, 2.45) is 0 Å². The number of alkyl halides is 3. The van der Waals surface area contributed by atoms with E-state index in [1.807, 2.05) is 11.9 Å². The minimum atomic E-state index is -4.46. The van der Waals surface area contributed by atoms with Crippen LogP contribution in [0.25, 0.3) is 0 Å². The molecule has 2 heterocycles. The summed E-state index contributed by atoms with van der Waals surface area (Å²) in [7, 11) is 3.42. The van der Waals surface area contributed by atoms with Crippen LogP contribution in [-0.2, 0) is 11.3 Å². The maximum absolute atomic E-state index is 13.1. The third-order valence-electron chi connectivity index (χ3n) is 5.40. The van der Waals surface area contributed by atoms with E-state index in [1.165, 1.54) is 7.11 Å². The number of halogens is 3. The number of carbonyl (C=O) groups excluding carboxylic acids is 2. The largest absolute Gasteiger partial charge is 0.497 e. The van der Waals surface area contributed by atoms with Crippen LogP contribution in [0.2, 0.25) is 0 Å². The second kappa shape index (κ2) is 8.19. The number of likely N-dealkylation sites (tertiary alicyclic amines) is 1. The van der Waals surface area contributed by atoms with Gasteiger partial charge in [0.1, 0.15) is 11.3 Å². The molecule has 29 heavy (non-hydrogen) atoms. The van der Waals surface area contributed by atoms with E-state index in [2.05, 4.69) is 5.32 Å². The highest BCUT2D eigenvalue weighted by molar-refractivity contribution is 6.07. The average molecular weight is 414 g/mol. The number of piperidine rings is 1. The molecule has 0 aliphatic carbocycles. The molecule has 1 spiro atoms. The summed E-state index contributed by atoms with van der Waals surface area (Å²) in [5.74, 6) is 0.145. The van der Waals surface area contributed by atoms with Gasteiger partial charge in [-0.1, -0.05) is 12.1 Å². The van der Waals surface area contributed by atoms with E-state index in [0.717, 1.165) is 9.80 Å². The smallest absolute Gasteiger partial charge is 0.401 e. The van der Waals surface area contributed by atoms with Crippen LogP contribution in [0.4, 0.5) is 18.0 Å². The van der Waals surface area contributed by atoms with Gasteiger partial charge in [0.2, 0.25) is 0 Å². The third-order valence-corrected chi connectivity index (χ3v) is 5.40. The molecular weight excluding hydrogens is 389 g/mol. The molecule has 1 aromatic rings. The first kappa shape index (κ1) is 21.4. The van der Waals surface area contributed by atoms with Crippen molar-refractivity contribution in [1.29, 1.82) is 0 Å². The van der Waals surface area contributed by atoms with E-state index >= 15 is 0 Å². The van der Waals surface area contributed by atoms with E-state index < -0.39 is 36.9 Å². The molecule has 0 saturated carbocycles. The predicted octanol–water partition coefficient (Wildman–Crippen LogP) is 2.03. The second-order valence-corrected chi connectivity index (χ2v) is 7.64. The number of rotatable bonds is 6. The summed E-state index contributed by atoms with van der Waals surface area (Å²) in [4.78, 5) is 29.4. The lowest BCUT2D eigenvalue weighted by Gasteiger charge is -2.35. The Balaban J connectivity index is 1.74. The molecule has 3 amide bonds. The Morgan fingerprint density at radius 2 is 1.79 bits per heavy atom. The Morgan fingerprint density at radius 1 is 1.17 bits per heavy atom. The van der Waals surface area contributed by atoms with Crippen LogP contribution in [0.1, 0.15) is 18.4 Å². The summed E-state index contributed by atoms with van der Waals surface area (Å²) in [6.45, 7) is -0.439. The van der Waals surface area contributed by atoms with Gasteiger partial charge in [0.15, 0.2) is 0 Å². The maximum Gasteiger partial charge on any atom is 0.401 e. The van der Waals surface area contributed by atoms with Crippen LogP contribution < -0.4 is 10.1 Å². The van der Waals surface area contributed by atoms with Gasteiger partial charge in [-0.15, -0.1) is 0 Å². The molecule has 3 rings (SSSR count). The van der Waals surface area contributed by atoms with Crippen LogP contribution in [0.3, 0.4) is 0 Å². The summed E-state index contributed by atoms with van der Waals surface area (Å²) in [5, 5.41) is 2.72. The maximum atomic E-state index is 13.1. The first-order valence-electron chi connectivity index (χ1n) is 9.36. The lowest BCUT2D eigenvalue weighted by Crippen LogP contribution is -2.54. The second-order valence-electron chi connectivity index (χ2n) is 7.64. The van der Waals surface area contributed by atoms with Gasteiger partial charge in [0.05, 0.1) is 20.3 Å². The number of carbonyl (C=O) groups is 2. The molecular formula is C19H25F3N4O3. The normalized spacial score (nSPS) is 19.9. The van der Waals surface area contributed by atoms with Gasteiger partial charge < -0.3 is 15.0 Å². The molecule has 1 N–H and O–H groups in total. The average Bonchev–Trinajstić information content (AvgIpc) is 2.88. The first-order valence-corrected chi connectivity index (χ1v) is 9.36. The lowest BCUT2D eigenvalue weighted by atomic mass is 9.88. The van der Waals surface area contributed by atoms with Gasteiger partial charge >= 0.3 is 12.2 Å². The van der Waals surface area contributed by atoms with Gasteiger partial charge in [-0.05, 0) is 37.6 Å². The summed E-state index contributed by atoms with van der Waals surface area (Å²) >= 11 is 0. The van der Waals surface area contributed by atoms with E-state index in [-0.39, 0.29) is 6.54 Å². The molecule has 0 atom stereocenters. The lowest BCUT2D eigenvalue weighted by molar-refractivity contribution is -0.154. The van der Waals surface area contributed by atoms with E-state index in [1.54, 1.807) is 24.3 Å². The molecule has 1 aromatic carbocycles. The van der Waals surface area contributed by atoms with Gasteiger partial charge in [-0.25, -0.2) is 9.69 Å². The van der Waals surface area contributed by atoms with Gasteiger partial charge in [0, 0.05) is 19.6 Å². The molecule has 2 saturated heterocycles. The molecule has 0 radical (unpaired) electrons. The molecule has 10 heteroatoms. The highest BCUT2D eigenvalue weighted by Crippen LogP contribution is 2.30. The fourth-order valence-corrected chi connectivity index (χ4v) is 3.74. The minimum Gasteiger partial charge on any atom is -0.497 e. The van der Waals surface area contributed by atoms with Gasteiger partial charge in [-0.3, -0.25) is 9.69 Å². The fraction of sp³-hybridized carbons (Fsp3) is 0.579. The van der Waals surface area contributed by atoms with Crippen LogP contribution in [0.15, 0.2) is 24.3 Å². The minimum absolute atomic E-state index is 0.0592. The molecule has 7 nitrogen and oxygen atoms in total. The van der Waals surface area contributed by atoms with Crippen LogP contribution in [0, 0.1) is 0 Å². The standard InChI is InChI=1S/C19H25F3N4O3/c1-24-9-7-18(8-10-24)16(27)26(17(28)23-18)13-25(12-19(20,21)22)11-14-3-5-15(29-2)6-4-14/h3-6H,7-13H2,1-2H3,(H,23,28). The highest BCUT2D eigenvalue weighted by atomic mass is 19.4. The highest BCUT2D eigenvalue weighted by Gasteiger charge is 2.52. The molecule has 0 aromatic heterocycles. The Hall–Kier alpha value is -2.33. The van der Waals surface area contributed by atoms with Crippen molar-refractivity contribution in [2.75, 3.05) is 40.5 Å². The topological polar surface area (TPSA) is 65.1 Å². The fourth-order valence-electron chi connectivity index (χ4n) is 3.74. The van der Waals surface area contributed by atoms with Gasteiger partial charge in [0.25, 0.3) is 5.91 Å². The molecule has 2 fully saturated rings. The number of nitrogens with one attached hydrogen (secondary N) is 1. The Bertz CT molecular complexity index is 746. The Labute approximate surface area is 167 Å². The number of imide groups is 1. The Kier molecular flexibility index (Phi) is 6.04. The zero-order valence-corrected chi connectivity index (χ0v) is 16.5. The summed E-state index contributed by atoms with van der Waals surface area (Å²) in [6, 6.07) is 5.99. The molecule has 0 unspecified atom stereocenters. The van der Waals surface area contributed by atoms with Gasteiger partial charge in [-0.2, -0.15) is 13.2 Å². The number of urea groups is 1. The SMILES string of the molecule is COc1ccc(CN(CN2C(=O)NC3(CCN(C)CC3)C2=O)CC(F)(F)F)cc1. The molecule has 0 bridgehead atoms. The first-order chi connectivity index (χ1) is 13.6. The number of hydrogen-bond acceptors (Lipinski definition) is 5. The molecule has 2 aliphatic heterocycles. The van der Waals surface area contributed by atoms with Crippen molar-refractivity contribution in [3.05, 3.63) is 29.8 Å². The van der Waals surface area contributed by atoms with Crippen molar-refractivity contribution in [3.63, 3.8) is 0 Å². The zero-order chi connectivity index (χ0) is 21.2. The third kappa shape index (κ3) is 4.99. The number of nitrogens with zero attached hydrogens (tertiary/aromatic N) is 3. The molecule has 160 valence electrons. The monoisotopic (exact) mass is 414 g/mol. The summed E-state index contributed by atoms with van der Waals surface area (Å²) in [5.41, 5.74) is -0.385. The van der Waals surface area contributed by atoms with Crippen molar-refractivity contribution in [2.45, 2.75) is 31.1 Å². The Morgan fingerprint density at radius 3 is 2.34 bits per heavy atom. The van der Waals surface area contributed by atoms with Crippen LogP contribution in [-0.4, -0.2) is 78.8 Å². The summed E-state index contributed by atoms with van der Waals surface area (Å²) < 4.78 is 44.4. The van der Waals surface area contributed by atoms with Crippen molar-refractivity contribution < 1.29 is 27.5 Å². The van der Waals surface area contributed by atoms with Crippen LogP contribution >= 0.6 is 0 Å².